The predicted molar refractivity (Wildman–Crippen MR) is 123 cm³/mol. The van der Waals surface area contributed by atoms with Crippen molar-refractivity contribution < 1.29 is 28.7 Å². The predicted octanol–water partition coefficient (Wildman–Crippen LogP) is 3.67. The van der Waals surface area contributed by atoms with Crippen LogP contribution in [0.4, 0.5) is 0 Å². The molecule has 0 spiro atoms. The van der Waals surface area contributed by atoms with Crippen LogP contribution in [0.15, 0.2) is 0 Å². The molecular formula is C27H39NO6. The average Bonchev–Trinajstić information content (AvgIpc) is 3.15. The molecule has 6 rings (SSSR count). The zero-order chi connectivity index (χ0) is 24.9. The van der Waals surface area contributed by atoms with E-state index in [1.165, 1.54) is 24.2 Å². The van der Waals surface area contributed by atoms with Crippen molar-refractivity contribution in [3.05, 3.63) is 0 Å². The zero-order valence-corrected chi connectivity index (χ0v) is 21.5. The SMILES string of the molecule is CCOC(=O)[C@]12CO[C@H](C(C)(C)C)N1C(=O)C(C(=O)CC13CC4CC(C)(CC(C)(C4)C1)C3)C2=O. The van der Waals surface area contributed by atoms with Gasteiger partial charge in [-0.25, -0.2) is 4.79 Å². The number of esters is 1. The average molecular weight is 474 g/mol. The molecule has 0 aromatic rings. The number of ether oxygens (including phenoxy) is 2. The van der Waals surface area contributed by atoms with Crippen LogP contribution < -0.4 is 0 Å². The van der Waals surface area contributed by atoms with Crippen molar-refractivity contribution in [2.24, 2.45) is 33.5 Å². The normalized spacial score (nSPS) is 45.1. The molecule has 4 bridgehead atoms. The molecule has 7 nitrogen and oxygen atoms in total. The first kappa shape index (κ1) is 24.0. The third-order valence-electron chi connectivity index (χ3n) is 9.22. The van der Waals surface area contributed by atoms with Gasteiger partial charge in [-0.2, -0.15) is 0 Å². The van der Waals surface area contributed by atoms with Crippen molar-refractivity contribution in [3.63, 3.8) is 0 Å². The number of hydrogen-bond donors (Lipinski definition) is 0. The Labute approximate surface area is 202 Å². The molecule has 4 aliphatic carbocycles. The number of nitrogens with zero attached hydrogens (tertiary/aromatic N) is 1. The number of hydrogen-bond acceptors (Lipinski definition) is 6. The number of carbonyl (C=O) groups is 4. The second-order valence-corrected chi connectivity index (χ2v) is 13.9. The van der Waals surface area contributed by atoms with Gasteiger partial charge in [-0.1, -0.05) is 34.6 Å². The van der Waals surface area contributed by atoms with E-state index in [1.807, 2.05) is 20.8 Å². The minimum absolute atomic E-state index is 0.0797. The molecule has 2 heterocycles. The van der Waals surface area contributed by atoms with Crippen molar-refractivity contribution in [2.75, 3.05) is 13.2 Å². The van der Waals surface area contributed by atoms with Crippen LogP contribution in [0.5, 0.6) is 0 Å². The molecule has 0 aromatic heterocycles. The summed E-state index contributed by atoms with van der Waals surface area (Å²) in [5, 5.41) is 0. The Bertz CT molecular complexity index is 947. The second-order valence-electron chi connectivity index (χ2n) is 13.9. The van der Waals surface area contributed by atoms with Gasteiger partial charge < -0.3 is 9.47 Å². The number of Topliss-reactive ketones (excluding diaryl/α,β-unsaturated/α-hetero) is 2. The summed E-state index contributed by atoms with van der Waals surface area (Å²) in [4.78, 5) is 55.7. The Morgan fingerprint density at radius 2 is 1.68 bits per heavy atom. The number of amides is 1. The van der Waals surface area contributed by atoms with E-state index < -0.39 is 40.8 Å². The number of rotatable bonds is 5. The summed E-state index contributed by atoms with van der Waals surface area (Å²) in [5.41, 5.74) is -2.08. The summed E-state index contributed by atoms with van der Waals surface area (Å²) >= 11 is 0. The van der Waals surface area contributed by atoms with E-state index in [2.05, 4.69) is 13.8 Å². The molecule has 5 atom stereocenters. The van der Waals surface area contributed by atoms with E-state index in [0.717, 1.165) is 19.3 Å². The fraction of sp³-hybridized carbons (Fsp3) is 0.852. The van der Waals surface area contributed by atoms with E-state index in [0.29, 0.717) is 5.92 Å². The lowest BCUT2D eigenvalue weighted by Gasteiger charge is -2.65. The van der Waals surface area contributed by atoms with Gasteiger partial charge in [0.2, 0.25) is 11.4 Å². The molecule has 2 saturated heterocycles. The Morgan fingerprint density at radius 3 is 2.21 bits per heavy atom. The summed E-state index contributed by atoms with van der Waals surface area (Å²) in [6.07, 6.45) is 6.04. The third kappa shape index (κ3) is 3.25. The lowest BCUT2D eigenvalue weighted by atomic mass is 9.39. The molecule has 3 unspecified atom stereocenters. The monoisotopic (exact) mass is 473 g/mol. The fourth-order valence-corrected chi connectivity index (χ4v) is 9.31. The van der Waals surface area contributed by atoms with E-state index in [9.17, 15) is 19.2 Å². The standard InChI is InChI=1S/C27H39NO6/c1-7-33-22(32)27-15-34-21(23(2,3)4)28(27)20(31)18(19(27)30)17(29)11-26-10-16-8-24(5,13-26)12-25(6,9-16)14-26/h16,18,21H,7-15H2,1-6H3/t16?,18?,21-,24?,25?,26?,27-/m1/s1. The van der Waals surface area contributed by atoms with E-state index in [4.69, 9.17) is 9.47 Å². The quantitative estimate of drug-likeness (QED) is 0.447. The van der Waals surface area contributed by atoms with Gasteiger partial charge in [0, 0.05) is 11.8 Å². The minimum Gasteiger partial charge on any atom is -0.464 e. The summed E-state index contributed by atoms with van der Waals surface area (Å²) in [6.45, 7) is 11.8. The Hall–Kier alpha value is -1.76. The maximum Gasteiger partial charge on any atom is 0.342 e. The number of ketones is 2. The highest BCUT2D eigenvalue weighted by Gasteiger charge is 2.72. The molecule has 0 aromatic carbocycles. The summed E-state index contributed by atoms with van der Waals surface area (Å²) < 4.78 is 11.1. The van der Waals surface area contributed by atoms with Crippen LogP contribution in [0.2, 0.25) is 0 Å². The Kier molecular flexibility index (Phi) is 5.03. The molecule has 1 amide bonds. The van der Waals surface area contributed by atoms with Crippen LogP contribution in [0.25, 0.3) is 0 Å². The molecule has 7 heteroatoms. The topological polar surface area (TPSA) is 90.0 Å². The highest BCUT2D eigenvalue weighted by Crippen LogP contribution is 2.70. The highest BCUT2D eigenvalue weighted by atomic mass is 16.6. The van der Waals surface area contributed by atoms with Gasteiger partial charge in [0.05, 0.1) is 13.2 Å². The number of carbonyl (C=O) groups excluding carboxylic acids is 4. The first-order chi connectivity index (χ1) is 15.7. The number of fused-ring (bicyclic) bond motifs is 1. The molecule has 0 radical (unpaired) electrons. The molecule has 0 N–H and O–H groups in total. The van der Waals surface area contributed by atoms with Gasteiger partial charge in [0.1, 0.15) is 6.23 Å². The van der Waals surface area contributed by atoms with Gasteiger partial charge >= 0.3 is 5.97 Å². The molecule has 34 heavy (non-hydrogen) atoms. The lowest BCUT2D eigenvalue weighted by Crippen LogP contribution is -2.58. The molecule has 188 valence electrons. The van der Waals surface area contributed by atoms with E-state index in [1.54, 1.807) is 6.92 Å². The van der Waals surface area contributed by atoms with Crippen LogP contribution in [0.3, 0.4) is 0 Å². The van der Waals surface area contributed by atoms with E-state index in [-0.39, 0.29) is 41.7 Å². The van der Waals surface area contributed by atoms with Gasteiger partial charge in [-0.15, -0.1) is 0 Å². The molecule has 4 saturated carbocycles. The molecule has 6 fully saturated rings. The van der Waals surface area contributed by atoms with Crippen LogP contribution in [-0.2, 0) is 28.7 Å². The van der Waals surface area contributed by atoms with Gasteiger partial charge in [0.25, 0.3) is 0 Å². The minimum atomic E-state index is -1.86. The maximum atomic E-state index is 13.8. The van der Waals surface area contributed by atoms with Gasteiger partial charge in [-0.05, 0) is 67.6 Å². The van der Waals surface area contributed by atoms with Crippen LogP contribution in [-0.4, -0.2) is 53.3 Å². The smallest absolute Gasteiger partial charge is 0.342 e. The van der Waals surface area contributed by atoms with Crippen LogP contribution >= 0.6 is 0 Å². The molecule has 6 aliphatic rings. The highest BCUT2D eigenvalue weighted by molar-refractivity contribution is 6.32. The van der Waals surface area contributed by atoms with Crippen molar-refractivity contribution in [1.29, 1.82) is 0 Å². The lowest BCUT2D eigenvalue weighted by molar-refractivity contribution is -0.162. The fourth-order valence-electron chi connectivity index (χ4n) is 9.31. The molecule has 2 aliphatic heterocycles. The second kappa shape index (κ2) is 7.14. The largest absolute Gasteiger partial charge is 0.464 e. The summed E-state index contributed by atoms with van der Waals surface area (Å²) in [5.74, 6) is -3.19. The summed E-state index contributed by atoms with van der Waals surface area (Å²) in [6, 6.07) is 0. The van der Waals surface area contributed by atoms with Crippen LogP contribution in [0.1, 0.15) is 86.5 Å². The first-order valence-corrected chi connectivity index (χ1v) is 12.9. The zero-order valence-electron chi connectivity index (χ0n) is 21.5. The van der Waals surface area contributed by atoms with Crippen molar-refractivity contribution in [2.45, 2.75) is 98.3 Å². The van der Waals surface area contributed by atoms with E-state index >= 15 is 0 Å². The van der Waals surface area contributed by atoms with Crippen molar-refractivity contribution >= 4 is 23.4 Å². The first-order valence-electron chi connectivity index (χ1n) is 12.9. The van der Waals surface area contributed by atoms with Crippen LogP contribution in [0, 0.1) is 33.5 Å². The maximum absolute atomic E-state index is 13.8. The van der Waals surface area contributed by atoms with Gasteiger partial charge in [0.15, 0.2) is 17.5 Å². The van der Waals surface area contributed by atoms with Crippen molar-refractivity contribution in [3.8, 4) is 0 Å². The third-order valence-corrected chi connectivity index (χ3v) is 9.22. The Balaban J connectivity index is 1.47. The summed E-state index contributed by atoms with van der Waals surface area (Å²) in [7, 11) is 0. The Morgan fingerprint density at radius 1 is 1.06 bits per heavy atom. The van der Waals surface area contributed by atoms with Crippen molar-refractivity contribution in [1.82, 2.24) is 4.90 Å². The van der Waals surface area contributed by atoms with Gasteiger partial charge in [-0.3, -0.25) is 19.3 Å². The molecular weight excluding hydrogens is 434 g/mol.